The quantitative estimate of drug-likeness (QED) is 0.537. The van der Waals surface area contributed by atoms with Crippen molar-refractivity contribution < 1.29 is 4.79 Å². The third kappa shape index (κ3) is 3.50. The smallest absolute Gasteiger partial charge is 0.266 e. The molecule has 0 aliphatic rings. The van der Waals surface area contributed by atoms with Crippen LogP contribution in [0, 0.1) is 11.3 Å². The molecule has 0 unspecified atom stereocenters. The Morgan fingerprint density at radius 3 is 2.67 bits per heavy atom. The first-order valence-corrected chi connectivity index (χ1v) is 7.99. The van der Waals surface area contributed by atoms with Gasteiger partial charge in [-0.3, -0.25) is 9.78 Å². The molecule has 1 heterocycles. The second-order valence-electron chi connectivity index (χ2n) is 5.05. The maximum absolute atomic E-state index is 12.4. The van der Waals surface area contributed by atoms with Gasteiger partial charge in [0.15, 0.2) is 0 Å². The molecule has 2 aromatic carbocycles. The fraction of sp³-hybridized carbons (Fsp3) is 0. The maximum Gasteiger partial charge on any atom is 0.266 e. The number of benzene rings is 2. The van der Waals surface area contributed by atoms with Gasteiger partial charge in [-0.1, -0.05) is 34.1 Å². The Kier molecular flexibility index (Phi) is 4.69. The van der Waals surface area contributed by atoms with Gasteiger partial charge in [0.05, 0.1) is 11.2 Å². The molecule has 116 valence electrons. The minimum atomic E-state index is -0.447. The van der Waals surface area contributed by atoms with Crippen molar-refractivity contribution in [3.8, 4) is 6.07 Å². The van der Waals surface area contributed by atoms with Crippen LogP contribution in [-0.2, 0) is 4.79 Å². The van der Waals surface area contributed by atoms with Crippen LogP contribution in [0.5, 0.6) is 0 Å². The van der Waals surface area contributed by atoms with Gasteiger partial charge in [-0.15, -0.1) is 0 Å². The number of nitriles is 1. The summed E-state index contributed by atoms with van der Waals surface area (Å²) < 4.78 is 0.936. The molecule has 1 aromatic heterocycles. The van der Waals surface area contributed by atoms with Crippen LogP contribution in [0.1, 0.15) is 5.56 Å². The molecule has 0 radical (unpaired) electrons. The van der Waals surface area contributed by atoms with Gasteiger partial charge in [-0.25, -0.2) is 0 Å². The molecule has 0 saturated carbocycles. The third-order valence-corrected chi connectivity index (χ3v) is 3.97. The number of carbonyl (C=O) groups is 1. The molecule has 0 aliphatic heterocycles. The van der Waals surface area contributed by atoms with Gasteiger partial charge in [0.2, 0.25) is 0 Å². The summed E-state index contributed by atoms with van der Waals surface area (Å²) in [7, 11) is 0. The highest BCUT2D eigenvalue weighted by Gasteiger charge is 2.11. The molecule has 0 spiro atoms. The average molecular weight is 378 g/mol. The number of anilines is 1. The maximum atomic E-state index is 12.4. The molecule has 1 amide bonds. The lowest BCUT2D eigenvalue weighted by molar-refractivity contribution is -0.112. The Hall–Kier alpha value is -2.97. The zero-order valence-corrected chi connectivity index (χ0v) is 14.1. The van der Waals surface area contributed by atoms with Crippen LogP contribution >= 0.6 is 15.9 Å². The first-order valence-electron chi connectivity index (χ1n) is 7.20. The fourth-order valence-electron chi connectivity index (χ4n) is 2.28. The zero-order chi connectivity index (χ0) is 16.9. The first kappa shape index (κ1) is 15.9. The van der Waals surface area contributed by atoms with Crippen molar-refractivity contribution in [2.45, 2.75) is 0 Å². The van der Waals surface area contributed by atoms with Gasteiger partial charge >= 0.3 is 0 Å². The Morgan fingerprint density at radius 1 is 1.12 bits per heavy atom. The number of nitrogens with zero attached hydrogens (tertiary/aromatic N) is 2. The van der Waals surface area contributed by atoms with Gasteiger partial charge in [0.1, 0.15) is 11.6 Å². The summed E-state index contributed by atoms with van der Waals surface area (Å²) >= 11 is 3.35. The average Bonchev–Trinajstić information content (AvgIpc) is 2.61. The highest BCUT2D eigenvalue weighted by molar-refractivity contribution is 9.10. The van der Waals surface area contributed by atoms with Crippen LogP contribution in [0.15, 0.2) is 70.8 Å². The number of rotatable bonds is 3. The van der Waals surface area contributed by atoms with Crippen LogP contribution in [0.4, 0.5) is 5.69 Å². The van der Waals surface area contributed by atoms with Crippen molar-refractivity contribution in [2.75, 3.05) is 5.32 Å². The predicted octanol–water partition coefficient (Wildman–Crippen LogP) is 4.54. The molecule has 0 saturated heterocycles. The van der Waals surface area contributed by atoms with E-state index in [4.69, 9.17) is 0 Å². The van der Waals surface area contributed by atoms with Gasteiger partial charge in [-0.2, -0.15) is 5.26 Å². The number of aromatic nitrogens is 1. The number of carbonyl (C=O) groups excluding carboxylic acids is 1. The summed E-state index contributed by atoms with van der Waals surface area (Å²) in [5.41, 5.74) is 2.23. The first-order chi connectivity index (χ1) is 11.7. The molecule has 3 rings (SSSR count). The molecule has 0 bridgehead atoms. The zero-order valence-electron chi connectivity index (χ0n) is 12.5. The third-order valence-electron chi connectivity index (χ3n) is 3.44. The number of hydrogen-bond donors (Lipinski definition) is 1. The van der Waals surface area contributed by atoms with Crippen LogP contribution < -0.4 is 5.32 Å². The molecular weight excluding hydrogens is 366 g/mol. The molecule has 1 N–H and O–H groups in total. The standard InChI is InChI=1S/C19H12BrN3O/c20-15-8-6-13(7-9-15)11-14(12-21)19(24)23-18-5-1-4-17-16(18)3-2-10-22-17/h1-11H,(H,23,24). The number of nitrogens with one attached hydrogen (secondary N) is 1. The summed E-state index contributed by atoms with van der Waals surface area (Å²) in [5.74, 6) is -0.447. The van der Waals surface area contributed by atoms with Crippen molar-refractivity contribution in [3.63, 3.8) is 0 Å². The summed E-state index contributed by atoms with van der Waals surface area (Å²) in [6, 6.07) is 18.5. The van der Waals surface area contributed by atoms with E-state index in [0.29, 0.717) is 5.69 Å². The van der Waals surface area contributed by atoms with Gasteiger partial charge in [0, 0.05) is 16.1 Å². The largest absolute Gasteiger partial charge is 0.321 e. The Morgan fingerprint density at radius 2 is 1.92 bits per heavy atom. The van der Waals surface area contributed by atoms with Crippen molar-refractivity contribution >= 4 is 44.5 Å². The molecule has 0 atom stereocenters. The van der Waals surface area contributed by atoms with Crippen molar-refractivity contribution in [3.05, 3.63) is 76.4 Å². The van der Waals surface area contributed by atoms with Crippen molar-refractivity contribution in [2.24, 2.45) is 0 Å². The van der Waals surface area contributed by atoms with Crippen molar-refractivity contribution in [1.29, 1.82) is 5.26 Å². The fourth-order valence-corrected chi connectivity index (χ4v) is 2.54. The molecule has 5 heteroatoms. The van der Waals surface area contributed by atoms with Gasteiger partial charge < -0.3 is 5.32 Å². The van der Waals surface area contributed by atoms with E-state index < -0.39 is 5.91 Å². The van der Waals surface area contributed by atoms with Crippen LogP contribution in [0.2, 0.25) is 0 Å². The summed E-state index contributed by atoms with van der Waals surface area (Å²) in [4.78, 5) is 16.7. The SMILES string of the molecule is N#CC(=Cc1ccc(Br)cc1)C(=O)Nc1cccc2ncccc12. The number of fused-ring (bicyclic) bond motifs is 1. The molecule has 24 heavy (non-hydrogen) atoms. The number of hydrogen-bond acceptors (Lipinski definition) is 3. The lowest BCUT2D eigenvalue weighted by Gasteiger charge is -2.07. The monoisotopic (exact) mass is 377 g/mol. The molecule has 0 aliphatic carbocycles. The summed E-state index contributed by atoms with van der Waals surface area (Å²) in [6.45, 7) is 0. The topological polar surface area (TPSA) is 65.8 Å². The minimum absolute atomic E-state index is 0.0400. The summed E-state index contributed by atoms with van der Waals surface area (Å²) in [5, 5.41) is 12.9. The Bertz CT molecular complexity index is 967. The second-order valence-corrected chi connectivity index (χ2v) is 5.97. The highest BCUT2D eigenvalue weighted by atomic mass is 79.9. The summed E-state index contributed by atoms with van der Waals surface area (Å²) in [6.07, 6.45) is 3.26. The molecule has 4 nitrogen and oxygen atoms in total. The van der Waals surface area contributed by atoms with Crippen LogP contribution in [-0.4, -0.2) is 10.9 Å². The number of pyridine rings is 1. The van der Waals surface area contributed by atoms with E-state index >= 15 is 0 Å². The van der Waals surface area contributed by atoms with E-state index in [1.54, 1.807) is 24.4 Å². The van der Waals surface area contributed by atoms with Gasteiger partial charge in [-0.05, 0) is 48.0 Å². The van der Waals surface area contributed by atoms with E-state index in [0.717, 1.165) is 20.9 Å². The van der Waals surface area contributed by atoms with E-state index in [1.807, 2.05) is 48.5 Å². The Labute approximate surface area is 147 Å². The lowest BCUT2D eigenvalue weighted by atomic mass is 10.1. The Balaban J connectivity index is 1.89. The molecular formula is C19H12BrN3O. The van der Waals surface area contributed by atoms with Gasteiger partial charge in [0.25, 0.3) is 5.91 Å². The van der Waals surface area contributed by atoms with E-state index in [2.05, 4.69) is 26.2 Å². The predicted molar refractivity (Wildman–Crippen MR) is 98.1 cm³/mol. The van der Waals surface area contributed by atoms with E-state index in [1.165, 1.54) is 0 Å². The normalized spacial score (nSPS) is 11.1. The van der Waals surface area contributed by atoms with E-state index in [9.17, 15) is 10.1 Å². The number of amides is 1. The van der Waals surface area contributed by atoms with E-state index in [-0.39, 0.29) is 5.57 Å². The molecule has 3 aromatic rings. The van der Waals surface area contributed by atoms with Crippen LogP contribution in [0.3, 0.4) is 0 Å². The lowest BCUT2D eigenvalue weighted by Crippen LogP contribution is -2.13. The second kappa shape index (κ2) is 7.07. The van der Waals surface area contributed by atoms with Crippen molar-refractivity contribution in [1.82, 2.24) is 4.98 Å². The molecule has 0 fully saturated rings. The van der Waals surface area contributed by atoms with Crippen LogP contribution in [0.25, 0.3) is 17.0 Å². The highest BCUT2D eigenvalue weighted by Crippen LogP contribution is 2.22. The number of halogens is 1. The minimum Gasteiger partial charge on any atom is -0.321 e.